The van der Waals surface area contributed by atoms with Crippen molar-refractivity contribution < 1.29 is 4.74 Å². The fraction of sp³-hybridized carbons (Fsp3) is 1.00. The Balaban J connectivity index is 2.10. The molecular weight excluding hydrogens is 176 g/mol. The molecule has 1 aliphatic rings. The minimum atomic E-state index is 0.238. The van der Waals surface area contributed by atoms with Crippen LogP contribution in [0.25, 0.3) is 0 Å². The molecule has 0 spiro atoms. The number of hydrogen-bond acceptors (Lipinski definition) is 3. The summed E-state index contributed by atoms with van der Waals surface area (Å²) in [5.74, 6) is 0. The summed E-state index contributed by atoms with van der Waals surface area (Å²) in [7, 11) is 0. The molecule has 0 aromatic carbocycles. The predicted octanol–water partition coefficient (Wildman–Crippen LogP) is 1.10. The van der Waals surface area contributed by atoms with Crippen molar-refractivity contribution in [3.63, 3.8) is 0 Å². The lowest BCUT2D eigenvalue weighted by Gasteiger charge is -2.24. The quantitative estimate of drug-likeness (QED) is 0.738. The Hall–Kier alpha value is -0.120. The first kappa shape index (κ1) is 12.0. The fourth-order valence-electron chi connectivity index (χ4n) is 1.61. The maximum absolute atomic E-state index is 5.41. The first-order chi connectivity index (χ1) is 6.58. The van der Waals surface area contributed by atoms with E-state index in [0.29, 0.717) is 0 Å². The summed E-state index contributed by atoms with van der Waals surface area (Å²) >= 11 is 0. The highest BCUT2D eigenvalue weighted by Gasteiger charge is 2.11. The normalized spacial score (nSPS) is 20.8. The van der Waals surface area contributed by atoms with Crippen LogP contribution in [0.5, 0.6) is 0 Å². The molecule has 84 valence electrons. The summed E-state index contributed by atoms with van der Waals surface area (Å²) in [5, 5.41) is 3.51. The highest BCUT2D eigenvalue weighted by atomic mass is 16.5. The summed E-state index contributed by atoms with van der Waals surface area (Å²) in [6.07, 6.45) is 1.18. The van der Waals surface area contributed by atoms with Crippen LogP contribution < -0.4 is 5.32 Å². The molecule has 0 unspecified atom stereocenters. The Morgan fingerprint density at radius 3 is 2.71 bits per heavy atom. The van der Waals surface area contributed by atoms with Crippen molar-refractivity contribution in [3.8, 4) is 0 Å². The minimum absolute atomic E-state index is 0.238. The summed E-state index contributed by atoms with van der Waals surface area (Å²) < 4.78 is 5.41. The van der Waals surface area contributed by atoms with Gasteiger partial charge in [-0.2, -0.15) is 0 Å². The minimum Gasteiger partial charge on any atom is -0.380 e. The number of nitrogens with one attached hydrogen (secondary N) is 1. The topological polar surface area (TPSA) is 24.5 Å². The maximum atomic E-state index is 5.41. The van der Waals surface area contributed by atoms with E-state index in [-0.39, 0.29) is 5.54 Å². The number of ether oxygens (including phenoxy) is 1. The van der Waals surface area contributed by atoms with E-state index < -0.39 is 0 Å². The van der Waals surface area contributed by atoms with Crippen molar-refractivity contribution in [1.29, 1.82) is 0 Å². The van der Waals surface area contributed by atoms with Crippen LogP contribution in [-0.2, 0) is 4.74 Å². The Bertz CT molecular complexity index is 146. The third kappa shape index (κ3) is 5.58. The van der Waals surface area contributed by atoms with E-state index in [0.717, 1.165) is 32.8 Å². The van der Waals surface area contributed by atoms with Gasteiger partial charge in [0, 0.05) is 38.3 Å². The molecule has 3 heteroatoms. The van der Waals surface area contributed by atoms with Crippen LogP contribution in [0.2, 0.25) is 0 Å². The molecule has 0 aromatic rings. The van der Waals surface area contributed by atoms with Crippen molar-refractivity contribution in [2.45, 2.75) is 32.7 Å². The van der Waals surface area contributed by atoms with Gasteiger partial charge in [0.25, 0.3) is 0 Å². The molecule has 0 radical (unpaired) electrons. The van der Waals surface area contributed by atoms with E-state index >= 15 is 0 Å². The van der Waals surface area contributed by atoms with Gasteiger partial charge < -0.3 is 10.1 Å². The highest BCUT2D eigenvalue weighted by Crippen LogP contribution is 2.00. The van der Waals surface area contributed by atoms with Gasteiger partial charge in [-0.05, 0) is 27.2 Å². The van der Waals surface area contributed by atoms with Crippen LogP contribution in [0.1, 0.15) is 27.2 Å². The molecule has 0 aliphatic carbocycles. The second-order valence-corrected chi connectivity index (χ2v) is 4.98. The summed E-state index contributed by atoms with van der Waals surface area (Å²) in [6.45, 7) is 12.9. The van der Waals surface area contributed by atoms with Crippen molar-refractivity contribution in [2.24, 2.45) is 0 Å². The number of rotatable bonds is 3. The Morgan fingerprint density at radius 2 is 2.00 bits per heavy atom. The third-order valence-corrected chi connectivity index (χ3v) is 2.40. The van der Waals surface area contributed by atoms with Crippen molar-refractivity contribution in [2.75, 3.05) is 39.4 Å². The smallest absolute Gasteiger partial charge is 0.0593 e. The summed E-state index contributed by atoms with van der Waals surface area (Å²) in [6, 6.07) is 0. The summed E-state index contributed by atoms with van der Waals surface area (Å²) in [5.41, 5.74) is 0.238. The highest BCUT2D eigenvalue weighted by molar-refractivity contribution is 4.71. The van der Waals surface area contributed by atoms with E-state index in [9.17, 15) is 0 Å². The lowest BCUT2D eigenvalue weighted by atomic mass is 10.1. The van der Waals surface area contributed by atoms with Crippen LogP contribution in [-0.4, -0.2) is 49.8 Å². The van der Waals surface area contributed by atoms with Crippen LogP contribution in [0.15, 0.2) is 0 Å². The third-order valence-electron chi connectivity index (χ3n) is 2.40. The molecule has 0 amide bonds. The largest absolute Gasteiger partial charge is 0.380 e. The van der Waals surface area contributed by atoms with E-state index in [2.05, 4.69) is 31.0 Å². The zero-order chi connectivity index (χ0) is 10.4. The summed E-state index contributed by atoms with van der Waals surface area (Å²) in [4.78, 5) is 2.48. The Morgan fingerprint density at radius 1 is 1.21 bits per heavy atom. The van der Waals surface area contributed by atoms with E-state index in [4.69, 9.17) is 4.74 Å². The second-order valence-electron chi connectivity index (χ2n) is 4.98. The lowest BCUT2D eigenvalue weighted by Crippen LogP contribution is -2.42. The molecule has 1 saturated heterocycles. The molecule has 1 rings (SSSR count). The molecule has 0 bridgehead atoms. The molecule has 0 atom stereocenters. The van der Waals surface area contributed by atoms with E-state index in [1.165, 1.54) is 13.0 Å². The molecule has 14 heavy (non-hydrogen) atoms. The Kier molecular flexibility index (Phi) is 4.85. The number of hydrogen-bond donors (Lipinski definition) is 1. The molecule has 1 fully saturated rings. The molecule has 1 N–H and O–H groups in total. The van der Waals surface area contributed by atoms with Gasteiger partial charge in [-0.15, -0.1) is 0 Å². The zero-order valence-electron chi connectivity index (χ0n) is 9.81. The van der Waals surface area contributed by atoms with Gasteiger partial charge in [-0.25, -0.2) is 0 Å². The van der Waals surface area contributed by atoms with Gasteiger partial charge in [0.2, 0.25) is 0 Å². The van der Waals surface area contributed by atoms with E-state index in [1.807, 2.05) is 0 Å². The average molecular weight is 200 g/mol. The van der Waals surface area contributed by atoms with Crippen molar-refractivity contribution >= 4 is 0 Å². The Labute approximate surface area is 87.8 Å². The van der Waals surface area contributed by atoms with Gasteiger partial charge in [-0.1, -0.05) is 0 Å². The van der Waals surface area contributed by atoms with Crippen LogP contribution in [0.4, 0.5) is 0 Å². The molecule has 1 heterocycles. The van der Waals surface area contributed by atoms with Crippen molar-refractivity contribution in [1.82, 2.24) is 10.2 Å². The van der Waals surface area contributed by atoms with Gasteiger partial charge in [-0.3, -0.25) is 4.90 Å². The number of nitrogens with zero attached hydrogens (tertiary/aromatic N) is 1. The van der Waals surface area contributed by atoms with Gasteiger partial charge >= 0.3 is 0 Å². The van der Waals surface area contributed by atoms with Crippen LogP contribution >= 0.6 is 0 Å². The molecule has 1 aliphatic heterocycles. The SMILES string of the molecule is CC(C)(C)NCCN1CCCOCC1. The molecule has 0 aromatic heterocycles. The van der Waals surface area contributed by atoms with Gasteiger partial charge in [0.1, 0.15) is 0 Å². The van der Waals surface area contributed by atoms with Crippen LogP contribution in [0, 0.1) is 0 Å². The predicted molar refractivity (Wildman–Crippen MR) is 59.6 cm³/mol. The van der Waals surface area contributed by atoms with Gasteiger partial charge in [0.05, 0.1) is 6.61 Å². The molecular formula is C11H24N2O. The lowest BCUT2D eigenvalue weighted by molar-refractivity contribution is 0.141. The van der Waals surface area contributed by atoms with E-state index in [1.54, 1.807) is 0 Å². The van der Waals surface area contributed by atoms with Gasteiger partial charge in [0.15, 0.2) is 0 Å². The zero-order valence-corrected chi connectivity index (χ0v) is 9.81. The average Bonchev–Trinajstić information content (AvgIpc) is 2.30. The first-order valence-electron chi connectivity index (χ1n) is 5.63. The fourth-order valence-corrected chi connectivity index (χ4v) is 1.61. The molecule has 3 nitrogen and oxygen atoms in total. The van der Waals surface area contributed by atoms with Crippen LogP contribution in [0.3, 0.4) is 0 Å². The van der Waals surface area contributed by atoms with Crippen molar-refractivity contribution in [3.05, 3.63) is 0 Å². The maximum Gasteiger partial charge on any atom is 0.0593 e. The monoisotopic (exact) mass is 200 g/mol. The molecule has 0 saturated carbocycles. The second kappa shape index (κ2) is 5.69. The standard InChI is InChI=1S/C11H24N2O/c1-11(2,3)12-5-7-13-6-4-9-14-10-8-13/h12H,4-10H2,1-3H3. The first-order valence-corrected chi connectivity index (χ1v) is 5.63.